The predicted octanol–water partition coefficient (Wildman–Crippen LogP) is 1.94. The van der Waals surface area contributed by atoms with E-state index in [-0.39, 0.29) is 0 Å². The van der Waals surface area contributed by atoms with Crippen molar-refractivity contribution in [3.8, 4) is 0 Å². The van der Waals surface area contributed by atoms with Gasteiger partial charge in [0.25, 0.3) is 0 Å². The maximum atomic E-state index is 5.08. The highest BCUT2D eigenvalue weighted by molar-refractivity contribution is 7.80. The minimum absolute atomic E-state index is 0.513. The second-order valence-electron chi connectivity index (χ2n) is 4.18. The van der Waals surface area contributed by atoms with Gasteiger partial charge < -0.3 is 5.32 Å². The normalized spacial score (nSPS) is 10.2. The molecule has 5 nitrogen and oxygen atoms in total. The smallest absolute Gasteiger partial charge is 0.248 e. The van der Waals surface area contributed by atoms with Crippen LogP contribution >= 0.6 is 12.2 Å². The molecule has 1 aromatic carbocycles. The van der Waals surface area contributed by atoms with Crippen LogP contribution in [0.4, 0.5) is 5.95 Å². The van der Waals surface area contributed by atoms with Gasteiger partial charge in [-0.2, -0.15) is 0 Å². The van der Waals surface area contributed by atoms with Gasteiger partial charge in [0, 0.05) is 6.54 Å². The zero-order valence-electron chi connectivity index (χ0n) is 11.1. The number of aryl methyl sites for hydroxylation is 1. The summed E-state index contributed by atoms with van der Waals surface area (Å²) >= 11 is 5.08. The van der Waals surface area contributed by atoms with E-state index in [9.17, 15) is 0 Å². The Balaban J connectivity index is 2.02. The summed E-state index contributed by atoms with van der Waals surface area (Å²) in [7, 11) is 0. The zero-order chi connectivity index (χ0) is 13.7. The Morgan fingerprint density at radius 3 is 2.89 bits per heavy atom. The molecule has 0 aliphatic heterocycles. The summed E-state index contributed by atoms with van der Waals surface area (Å²) in [6.07, 6.45) is 1.70. The molecule has 0 unspecified atom stereocenters. The Labute approximate surface area is 118 Å². The van der Waals surface area contributed by atoms with E-state index in [0.29, 0.717) is 17.6 Å². The number of hydrogen-bond donors (Lipinski definition) is 2. The van der Waals surface area contributed by atoms with Gasteiger partial charge in [-0.3, -0.25) is 5.32 Å². The molecular formula is C13H17N5S. The van der Waals surface area contributed by atoms with Crippen LogP contribution in [0.1, 0.15) is 18.1 Å². The van der Waals surface area contributed by atoms with Crippen LogP contribution in [0.2, 0.25) is 0 Å². The van der Waals surface area contributed by atoms with Gasteiger partial charge in [0.15, 0.2) is 5.11 Å². The predicted molar refractivity (Wildman–Crippen MR) is 80.2 cm³/mol. The number of aromatic nitrogens is 3. The Morgan fingerprint density at radius 2 is 2.16 bits per heavy atom. The maximum absolute atomic E-state index is 5.08. The SMILES string of the molecule is CCNC(=S)Nc1ncn(Cc2ccccc2C)n1. The lowest BCUT2D eigenvalue weighted by Gasteiger charge is -2.05. The molecule has 0 bridgehead atoms. The first-order chi connectivity index (χ1) is 9.19. The van der Waals surface area contributed by atoms with Crippen LogP contribution in [-0.4, -0.2) is 26.4 Å². The highest BCUT2D eigenvalue weighted by Crippen LogP contribution is 2.09. The Hall–Kier alpha value is -1.95. The van der Waals surface area contributed by atoms with Gasteiger partial charge in [0.1, 0.15) is 6.33 Å². The largest absolute Gasteiger partial charge is 0.363 e. The molecule has 0 radical (unpaired) electrons. The molecule has 0 saturated heterocycles. The van der Waals surface area contributed by atoms with E-state index in [1.165, 1.54) is 11.1 Å². The summed E-state index contributed by atoms with van der Waals surface area (Å²) in [6.45, 7) is 5.55. The first-order valence-electron chi connectivity index (χ1n) is 6.18. The lowest BCUT2D eigenvalue weighted by atomic mass is 10.1. The van der Waals surface area contributed by atoms with Gasteiger partial charge in [-0.25, -0.2) is 9.67 Å². The summed E-state index contributed by atoms with van der Waals surface area (Å²) in [5.74, 6) is 0.513. The molecular weight excluding hydrogens is 258 g/mol. The second-order valence-corrected chi connectivity index (χ2v) is 4.58. The molecule has 2 rings (SSSR count). The first kappa shape index (κ1) is 13.5. The second kappa shape index (κ2) is 6.29. The van der Waals surface area contributed by atoms with Crippen molar-refractivity contribution in [1.82, 2.24) is 20.1 Å². The third-order valence-electron chi connectivity index (χ3n) is 2.69. The van der Waals surface area contributed by atoms with E-state index in [1.54, 1.807) is 11.0 Å². The van der Waals surface area contributed by atoms with Crippen LogP contribution in [-0.2, 0) is 6.54 Å². The molecule has 19 heavy (non-hydrogen) atoms. The topological polar surface area (TPSA) is 54.8 Å². The monoisotopic (exact) mass is 275 g/mol. The van der Waals surface area contributed by atoms with Gasteiger partial charge in [-0.15, -0.1) is 5.10 Å². The summed E-state index contributed by atoms with van der Waals surface area (Å²) in [5, 5.41) is 10.8. The lowest BCUT2D eigenvalue weighted by molar-refractivity contribution is 0.684. The highest BCUT2D eigenvalue weighted by atomic mass is 32.1. The van der Waals surface area contributed by atoms with Crippen molar-refractivity contribution in [3.05, 3.63) is 41.7 Å². The van der Waals surface area contributed by atoms with E-state index in [4.69, 9.17) is 12.2 Å². The fourth-order valence-corrected chi connectivity index (χ4v) is 1.93. The fraction of sp³-hybridized carbons (Fsp3) is 0.308. The molecule has 2 aromatic rings. The third kappa shape index (κ3) is 3.75. The molecule has 0 amide bonds. The Bertz CT molecular complexity index is 564. The van der Waals surface area contributed by atoms with E-state index in [2.05, 4.69) is 39.8 Å². The average molecular weight is 275 g/mol. The number of hydrogen-bond acceptors (Lipinski definition) is 3. The Kier molecular flexibility index (Phi) is 4.46. The van der Waals surface area contributed by atoms with E-state index in [1.807, 2.05) is 19.1 Å². The molecule has 100 valence electrons. The zero-order valence-corrected chi connectivity index (χ0v) is 11.9. The minimum Gasteiger partial charge on any atom is -0.363 e. The van der Waals surface area contributed by atoms with Crippen LogP contribution in [0.25, 0.3) is 0 Å². The molecule has 1 aromatic heterocycles. The van der Waals surface area contributed by atoms with E-state index < -0.39 is 0 Å². The van der Waals surface area contributed by atoms with E-state index in [0.717, 1.165) is 6.54 Å². The van der Waals surface area contributed by atoms with Crippen molar-refractivity contribution in [2.75, 3.05) is 11.9 Å². The molecule has 6 heteroatoms. The molecule has 0 aliphatic carbocycles. The maximum Gasteiger partial charge on any atom is 0.248 e. The van der Waals surface area contributed by atoms with Crippen molar-refractivity contribution in [2.45, 2.75) is 20.4 Å². The first-order valence-corrected chi connectivity index (χ1v) is 6.58. The number of rotatable bonds is 4. The summed E-state index contributed by atoms with van der Waals surface area (Å²) in [5.41, 5.74) is 2.48. The van der Waals surface area contributed by atoms with Crippen molar-refractivity contribution < 1.29 is 0 Å². The standard InChI is InChI=1S/C13H17N5S/c1-3-14-13(19)16-12-15-9-18(17-12)8-11-7-5-4-6-10(11)2/h4-7,9H,3,8H2,1-2H3,(H2,14,16,17,19). The van der Waals surface area contributed by atoms with Gasteiger partial charge in [0.05, 0.1) is 6.54 Å². The molecule has 0 aliphatic rings. The van der Waals surface area contributed by atoms with Crippen LogP contribution < -0.4 is 10.6 Å². The minimum atomic E-state index is 0.513. The summed E-state index contributed by atoms with van der Waals surface area (Å²) in [4.78, 5) is 4.18. The molecule has 0 spiro atoms. The van der Waals surface area contributed by atoms with E-state index >= 15 is 0 Å². The van der Waals surface area contributed by atoms with Crippen LogP contribution in [0.3, 0.4) is 0 Å². The molecule has 0 atom stereocenters. The van der Waals surface area contributed by atoms with Crippen molar-refractivity contribution in [3.63, 3.8) is 0 Å². The molecule has 0 saturated carbocycles. The van der Waals surface area contributed by atoms with Gasteiger partial charge >= 0.3 is 0 Å². The molecule has 1 heterocycles. The number of benzene rings is 1. The van der Waals surface area contributed by atoms with Gasteiger partial charge in [-0.05, 0) is 37.2 Å². The summed E-state index contributed by atoms with van der Waals surface area (Å²) < 4.78 is 1.79. The molecule has 2 N–H and O–H groups in total. The van der Waals surface area contributed by atoms with Crippen molar-refractivity contribution in [2.24, 2.45) is 0 Å². The number of anilines is 1. The average Bonchev–Trinajstić information content (AvgIpc) is 2.80. The fourth-order valence-electron chi connectivity index (χ4n) is 1.70. The highest BCUT2D eigenvalue weighted by Gasteiger charge is 2.04. The van der Waals surface area contributed by atoms with Crippen LogP contribution in [0, 0.1) is 6.92 Å². The number of nitrogens with one attached hydrogen (secondary N) is 2. The van der Waals surface area contributed by atoms with Crippen molar-refractivity contribution in [1.29, 1.82) is 0 Å². The quantitative estimate of drug-likeness (QED) is 0.835. The number of thiocarbonyl (C=S) groups is 1. The van der Waals surface area contributed by atoms with Crippen LogP contribution in [0.5, 0.6) is 0 Å². The Morgan fingerprint density at radius 1 is 1.37 bits per heavy atom. The van der Waals surface area contributed by atoms with Crippen molar-refractivity contribution >= 4 is 23.3 Å². The third-order valence-corrected chi connectivity index (χ3v) is 2.94. The van der Waals surface area contributed by atoms with Gasteiger partial charge in [0.2, 0.25) is 5.95 Å². The number of nitrogens with zero attached hydrogens (tertiary/aromatic N) is 3. The molecule has 0 fully saturated rings. The lowest BCUT2D eigenvalue weighted by Crippen LogP contribution is -2.28. The van der Waals surface area contributed by atoms with Gasteiger partial charge in [-0.1, -0.05) is 24.3 Å². The van der Waals surface area contributed by atoms with Crippen LogP contribution in [0.15, 0.2) is 30.6 Å². The summed E-state index contributed by atoms with van der Waals surface area (Å²) in [6, 6.07) is 8.24.